The zero-order valence-electron chi connectivity index (χ0n) is 12.2. The molecule has 1 aromatic heterocycles. The maximum atomic E-state index is 12.7. The fraction of sp³-hybridized carbons (Fsp3) is 0.400. The Morgan fingerprint density at radius 3 is 2.57 bits per heavy atom. The van der Waals surface area contributed by atoms with E-state index >= 15 is 0 Å². The molecule has 0 amide bonds. The monoisotopic (exact) mass is 305 g/mol. The minimum Gasteiger partial charge on any atom is -0.331 e. The van der Waals surface area contributed by atoms with Crippen LogP contribution in [0, 0.1) is 0 Å². The summed E-state index contributed by atoms with van der Waals surface area (Å²) in [5.74, 6) is 0. The Kier molecular flexibility index (Phi) is 3.59. The highest BCUT2D eigenvalue weighted by molar-refractivity contribution is 7.89. The van der Waals surface area contributed by atoms with E-state index in [0.717, 1.165) is 11.4 Å². The highest BCUT2D eigenvalue weighted by Crippen LogP contribution is 2.25. The molecule has 0 atom stereocenters. The third-order valence-corrected chi connectivity index (χ3v) is 5.70. The van der Waals surface area contributed by atoms with Crippen LogP contribution in [0.1, 0.15) is 31.3 Å². The molecule has 0 radical (unpaired) electrons. The number of imidazole rings is 1. The standard InChI is InChI=1S/C15H19N3O2S/c1-12(2)18-11-16-14-8-9-17(10-15(14)18)21(19,20)13-6-4-3-5-7-13/h3-7,11-12H,8-10H2,1-2H3. The predicted molar refractivity (Wildman–Crippen MR) is 80.4 cm³/mol. The van der Waals surface area contributed by atoms with Gasteiger partial charge in [0, 0.05) is 19.0 Å². The topological polar surface area (TPSA) is 55.2 Å². The minimum absolute atomic E-state index is 0.278. The Morgan fingerprint density at radius 2 is 1.90 bits per heavy atom. The number of rotatable bonds is 3. The molecule has 6 heteroatoms. The summed E-state index contributed by atoms with van der Waals surface area (Å²) < 4.78 is 29.0. The van der Waals surface area contributed by atoms with Crippen LogP contribution in [-0.2, 0) is 23.0 Å². The lowest BCUT2D eigenvalue weighted by Gasteiger charge is -2.27. The van der Waals surface area contributed by atoms with Crippen molar-refractivity contribution in [2.45, 2.75) is 37.8 Å². The first-order chi connectivity index (χ1) is 10.00. The summed E-state index contributed by atoms with van der Waals surface area (Å²) in [5, 5.41) is 0. The fourth-order valence-corrected chi connectivity index (χ4v) is 4.10. The second-order valence-corrected chi connectivity index (χ2v) is 7.48. The molecular weight excluding hydrogens is 286 g/mol. The van der Waals surface area contributed by atoms with E-state index < -0.39 is 10.0 Å². The Labute approximate surface area is 125 Å². The molecule has 0 saturated heterocycles. The van der Waals surface area contributed by atoms with E-state index in [0.29, 0.717) is 24.4 Å². The molecule has 0 aliphatic carbocycles. The van der Waals surface area contributed by atoms with Crippen molar-refractivity contribution in [3.8, 4) is 0 Å². The van der Waals surface area contributed by atoms with E-state index in [1.165, 1.54) is 0 Å². The molecule has 1 aliphatic rings. The van der Waals surface area contributed by atoms with Gasteiger partial charge in [0.25, 0.3) is 0 Å². The molecule has 1 aromatic carbocycles. The van der Waals surface area contributed by atoms with Crippen molar-refractivity contribution in [3.05, 3.63) is 48.0 Å². The maximum Gasteiger partial charge on any atom is 0.243 e. The van der Waals surface area contributed by atoms with Crippen molar-refractivity contribution in [2.75, 3.05) is 6.54 Å². The molecule has 21 heavy (non-hydrogen) atoms. The summed E-state index contributed by atoms with van der Waals surface area (Å²) in [6.45, 7) is 5.03. The third kappa shape index (κ3) is 2.49. The van der Waals surface area contributed by atoms with Crippen LogP contribution in [0.2, 0.25) is 0 Å². The van der Waals surface area contributed by atoms with Crippen LogP contribution in [0.3, 0.4) is 0 Å². The largest absolute Gasteiger partial charge is 0.331 e. The lowest BCUT2D eigenvalue weighted by Crippen LogP contribution is -2.36. The highest BCUT2D eigenvalue weighted by Gasteiger charge is 2.30. The van der Waals surface area contributed by atoms with E-state index in [2.05, 4.69) is 23.4 Å². The van der Waals surface area contributed by atoms with Gasteiger partial charge in [0.15, 0.2) is 0 Å². The second kappa shape index (κ2) is 5.27. The van der Waals surface area contributed by atoms with Crippen molar-refractivity contribution in [2.24, 2.45) is 0 Å². The molecular formula is C15H19N3O2S. The average Bonchev–Trinajstić information content (AvgIpc) is 2.91. The molecule has 112 valence electrons. The lowest BCUT2D eigenvalue weighted by molar-refractivity contribution is 0.372. The van der Waals surface area contributed by atoms with Gasteiger partial charge >= 0.3 is 0 Å². The van der Waals surface area contributed by atoms with Gasteiger partial charge in [0.1, 0.15) is 0 Å². The molecule has 0 bridgehead atoms. The van der Waals surface area contributed by atoms with E-state index in [1.54, 1.807) is 28.6 Å². The van der Waals surface area contributed by atoms with Gasteiger partial charge < -0.3 is 4.57 Å². The van der Waals surface area contributed by atoms with Crippen molar-refractivity contribution >= 4 is 10.0 Å². The number of benzene rings is 1. The van der Waals surface area contributed by atoms with Crippen LogP contribution >= 0.6 is 0 Å². The van der Waals surface area contributed by atoms with Crippen molar-refractivity contribution in [1.82, 2.24) is 13.9 Å². The quantitative estimate of drug-likeness (QED) is 0.873. The first-order valence-electron chi connectivity index (χ1n) is 7.10. The summed E-state index contributed by atoms with van der Waals surface area (Å²) in [4.78, 5) is 4.76. The Bertz CT molecular complexity index is 736. The van der Waals surface area contributed by atoms with Gasteiger partial charge in [-0.1, -0.05) is 18.2 Å². The number of aromatic nitrogens is 2. The van der Waals surface area contributed by atoms with Crippen molar-refractivity contribution in [3.63, 3.8) is 0 Å². The molecule has 3 rings (SSSR count). The van der Waals surface area contributed by atoms with Crippen LogP contribution in [0.4, 0.5) is 0 Å². The van der Waals surface area contributed by atoms with Crippen LogP contribution in [-0.4, -0.2) is 28.8 Å². The minimum atomic E-state index is -3.43. The van der Waals surface area contributed by atoms with Crippen LogP contribution in [0.15, 0.2) is 41.6 Å². The van der Waals surface area contributed by atoms with Gasteiger partial charge in [0.2, 0.25) is 10.0 Å². The molecule has 0 unspecified atom stereocenters. The number of hydrogen-bond donors (Lipinski definition) is 0. The molecule has 0 saturated carbocycles. The molecule has 0 fully saturated rings. The summed E-state index contributed by atoms with van der Waals surface area (Å²) in [6.07, 6.45) is 2.48. The SMILES string of the molecule is CC(C)n1cnc2c1CN(S(=O)(=O)c1ccccc1)CC2. The van der Waals surface area contributed by atoms with E-state index in [1.807, 2.05) is 12.4 Å². The average molecular weight is 305 g/mol. The number of nitrogens with zero attached hydrogens (tertiary/aromatic N) is 3. The zero-order chi connectivity index (χ0) is 15.0. The molecule has 2 aromatic rings. The molecule has 2 heterocycles. The number of sulfonamides is 1. The summed E-state index contributed by atoms with van der Waals surface area (Å²) in [6, 6.07) is 8.89. The normalized spacial score (nSPS) is 16.1. The molecule has 1 aliphatic heterocycles. The van der Waals surface area contributed by atoms with Crippen molar-refractivity contribution < 1.29 is 8.42 Å². The van der Waals surface area contributed by atoms with Crippen LogP contribution in [0.25, 0.3) is 0 Å². The molecule has 0 spiro atoms. The van der Waals surface area contributed by atoms with Gasteiger partial charge in [-0.15, -0.1) is 0 Å². The second-order valence-electron chi connectivity index (χ2n) is 5.54. The summed E-state index contributed by atoms with van der Waals surface area (Å²) >= 11 is 0. The van der Waals surface area contributed by atoms with Gasteiger partial charge in [-0.2, -0.15) is 4.31 Å². The smallest absolute Gasteiger partial charge is 0.243 e. The summed E-state index contributed by atoms with van der Waals surface area (Å²) in [7, 11) is -3.43. The number of hydrogen-bond acceptors (Lipinski definition) is 3. The lowest BCUT2D eigenvalue weighted by atomic mass is 10.2. The Hall–Kier alpha value is -1.66. The Morgan fingerprint density at radius 1 is 1.19 bits per heavy atom. The van der Waals surface area contributed by atoms with Crippen LogP contribution < -0.4 is 0 Å². The molecule has 5 nitrogen and oxygen atoms in total. The first kappa shape index (κ1) is 14.3. The predicted octanol–water partition coefficient (Wildman–Crippen LogP) is 2.21. The van der Waals surface area contributed by atoms with Gasteiger partial charge in [0.05, 0.1) is 29.2 Å². The van der Waals surface area contributed by atoms with Gasteiger partial charge in [-0.3, -0.25) is 0 Å². The summed E-state index contributed by atoms with van der Waals surface area (Å²) in [5.41, 5.74) is 2.03. The third-order valence-electron chi connectivity index (χ3n) is 3.84. The fourth-order valence-electron chi connectivity index (χ4n) is 2.68. The maximum absolute atomic E-state index is 12.7. The first-order valence-corrected chi connectivity index (χ1v) is 8.54. The van der Waals surface area contributed by atoms with Gasteiger partial charge in [-0.05, 0) is 26.0 Å². The highest BCUT2D eigenvalue weighted by atomic mass is 32.2. The van der Waals surface area contributed by atoms with Gasteiger partial charge in [-0.25, -0.2) is 13.4 Å². The Balaban J connectivity index is 1.94. The van der Waals surface area contributed by atoms with E-state index in [9.17, 15) is 8.42 Å². The van der Waals surface area contributed by atoms with E-state index in [-0.39, 0.29) is 6.04 Å². The molecule has 0 N–H and O–H groups in total. The van der Waals surface area contributed by atoms with E-state index in [4.69, 9.17) is 0 Å². The van der Waals surface area contributed by atoms with Crippen molar-refractivity contribution in [1.29, 1.82) is 0 Å². The zero-order valence-corrected chi connectivity index (χ0v) is 13.0. The number of fused-ring (bicyclic) bond motifs is 1. The van der Waals surface area contributed by atoms with Crippen LogP contribution in [0.5, 0.6) is 0 Å².